The van der Waals surface area contributed by atoms with Crippen LogP contribution in [0.2, 0.25) is 0 Å². The SMILES string of the molecule is CN(C)c1ccc([C@H](CN)C2(CO)CCCC2)cc1. The van der Waals surface area contributed by atoms with Gasteiger partial charge >= 0.3 is 0 Å². The molecular weight excluding hydrogens is 236 g/mol. The first-order valence-electron chi connectivity index (χ1n) is 7.21. The highest BCUT2D eigenvalue weighted by atomic mass is 16.3. The average Bonchev–Trinajstić information content (AvgIpc) is 2.90. The number of benzene rings is 1. The molecule has 0 heterocycles. The molecule has 1 saturated carbocycles. The van der Waals surface area contributed by atoms with Crippen molar-refractivity contribution in [3.8, 4) is 0 Å². The first kappa shape index (κ1) is 14.4. The minimum absolute atomic E-state index is 0.00832. The lowest BCUT2D eigenvalue weighted by Gasteiger charge is -2.36. The zero-order valence-corrected chi connectivity index (χ0v) is 12.1. The van der Waals surface area contributed by atoms with E-state index in [-0.39, 0.29) is 17.9 Å². The second-order valence-electron chi connectivity index (χ2n) is 6.00. The van der Waals surface area contributed by atoms with E-state index in [1.165, 1.54) is 24.1 Å². The van der Waals surface area contributed by atoms with E-state index in [1.54, 1.807) is 0 Å². The van der Waals surface area contributed by atoms with Crippen LogP contribution in [0.4, 0.5) is 5.69 Å². The summed E-state index contributed by atoms with van der Waals surface area (Å²) < 4.78 is 0. The van der Waals surface area contributed by atoms with E-state index in [0.29, 0.717) is 6.54 Å². The minimum atomic E-state index is 0.00832. The fourth-order valence-corrected chi connectivity index (χ4v) is 3.44. The number of aliphatic hydroxyl groups is 1. The third-order valence-electron chi connectivity index (χ3n) is 4.70. The zero-order chi connectivity index (χ0) is 13.9. The summed E-state index contributed by atoms with van der Waals surface area (Å²) in [5, 5.41) is 9.86. The molecule has 0 radical (unpaired) electrons. The summed E-state index contributed by atoms with van der Waals surface area (Å²) in [6, 6.07) is 8.61. The van der Waals surface area contributed by atoms with Crippen molar-refractivity contribution in [2.45, 2.75) is 31.6 Å². The zero-order valence-electron chi connectivity index (χ0n) is 12.1. The molecule has 19 heavy (non-hydrogen) atoms. The van der Waals surface area contributed by atoms with Gasteiger partial charge in [0.25, 0.3) is 0 Å². The molecule has 1 aliphatic carbocycles. The predicted molar refractivity (Wildman–Crippen MR) is 80.6 cm³/mol. The van der Waals surface area contributed by atoms with Gasteiger partial charge in [-0.2, -0.15) is 0 Å². The van der Waals surface area contributed by atoms with Gasteiger partial charge in [-0.25, -0.2) is 0 Å². The van der Waals surface area contributed by atoms with Crippen molar-refractivity contribution in [2.75, 3.05) is 32.1 Å². The van der Waals surface area contributed by atoms with Crippen molar-refractivity contribution in [3.63, 3.8) is 0 Å². The fourth-order valence-electron chi connectivity index (χ4n) is 3.44. The number of aliphatic hydroxyl groups excluding tert-OH is 1. The molecule has 0 saturated heterocycles. The van der Waals surface area contributed by atoms with Gasteiger partial charge in [-0.3, -0.25) is 0 Å². The van der Waals surface area contributed by atoms with Gasteiger partial charge in [-0.05, 0) is 37.1 Å². The summed E-state index contributed by atoms with van der Waals surface area (Å²) in [7, 11) is 4.09. The first-order valence-corrected chi connectivity index (χ1v) is 7.21. The van der Waals surface area contributed by atoms with Crippen molar-refractivity contribution < 1.29 is 5.11 Å². The number of rotatable bonds is 5. The third-order valence-corrected chi connectivity index (χ3v) is 4.70. The number of nitrogens with two attached hydrogens (primary N) is 1. The maximum absolute atomic E-state index is 9.86. The molecule has 1 fully saturated rings. The van der Waals surface area contributed by atoms with Crippen LogP contribution in [0.5, 0.6) is 0 Å². The Bertz CT molecular complexity index is 394. The molecule has 0 amide bonds. The Kier molecular flexibility index (Phi) is 4.48. The Balaban J connectivity index is 2.26. The lowest BCUT2D eigenvalue weighted by Crippen LogP contribution is -2.34. The van der Waals surface area contributed by atoms with Crippen LogP contribution < -0.4 is 10.6 Å². The molecule has 0 aromatic heterocycles. The Morgan fingerprint density at radius 3 is 2.21 bits per heavy atom. The molecule has 0 aliphatic heterocycles. The van der Waals surface area contributed by atoms with Crippen LogP contribution in [0, 0.1) is 5.41 Å². The molecule has 3 nitrogen and oxygen atoms in total. The van der Waals surface area contributed by atoms with E-state index in [1.807, 2.05) is 14.1 Å². The van der Waals surface area contributed by atoms with Crippen LogP contribution in [-0.2, 0) is 0 Å². The molecule has 1 aliphatic rings. The summed E-state index contributed by atoms with van der Waals surface area (Å²) >= 11 is 0. The summed E-state index contributed by atoms with van der Waals surface area (Å²) in [4.78, 5) is 2.10. The number of hydrogen-bond acceptors (Lipinski definition) is 3. The molecule has 106 valence electrons. The first-order chi connectivity index (χ1) is 9.13. The van der Waals surface area contributed by atoms with Crippen molar-refractivity contribution in [1.29, 1.82) is 0 Å². The molecule has 3 heteroatoms. The van der Waals surface area contributed by atoms with Gasteiger partial charge in [0.15, 0.2) is 0 Å². The molecule has 2 rings (SSSR count). The molecule has 1 aromatic carbocycles. The molecule has 1 atom stereocenters. The Hall–Kier alpha value is -1.06. The normalized spacial score (nSPS) is 19.4. The van der Waals surface area contributed by atoms with Gasteiger partial charge in [0.1, 0.15) is 0 Å². The van der Waals surface area contributed by atoms with Gasteiger partial charge < -0.3 is 15.7 Å². The van der Waals surface area contributed by atoms with Gasteiger partial charge in [0, 0.05) is 37.7 Å². The molecule has 3 N–H and O–H groups in total. The van der Waals surface area contributed by atoms with Gasteiger partial charge in [-0.1, -0.05) is 25.0 Å². The van der Waals surface area contributed by atoms with Crippen molar-refractivity contribution >= 4 is 5.69 Å². The Morgan fingerprint density at radius 2 is 1.79 bits per heavy atom. The lowest BCUT2D eigenvalue weighted by molar-refractivity contribution is 0.103. The van der Waals surface area contributed by atoms with Crippen LogP contribution in [0.3, 0.4) is 0 Å². The summed E-state index contributed by atoms with van der Waals surface area (Å²) in [5.74, 6) is 0.274. The minimum Gasteiger partial charge on any atom is -0.396 e. The number of nitrogens with zero attached hydrogens (tertiary/aromatic N) is 1. The van der Waals surface area contributed by atoms with E-state index >= 15 is 0 Å². The van der Waals surface area contributed by atoms with Crippen LogP contribution >= 0.6 is 0 Å². The molecule has 0 spiro atoms. The molecule has 0 unspecified atom stereocenters. The van der Waals surface area contributed by atoms with E-state index in [4.69, 9.17) is 5.73 Å². The van der Waals surface area contributed by atoms with Crippen LogP contribution in [0.1, 0.15) is 37.2 Å². The Labute approximate surface area is 116 Å². The standard InChI is InChI=1S/C16H26N2O/c1-18(2)14-7-5-13(6-8-14)15(11-17)16(12-19)9-3-4-10-16/h5-8,15,19H,3-4,9-12,17H2,1-2H3/t15-/m0/s1. The predicted octanol–water partition coefficient (Wildman–Crippen LogP) is 2.35. The highest BCUT2D eigenvalue weighted by Crippen LogP contribution is 2.48. The highest BCUT2D eigenvalue weighted by molar-refractivity contribution is 5.47. The smallest absolute Gasteiger partial charge is 0.0493 e. The van der Waals surface area contributed by atoms with E-state index in [0.717, 1.165) is 12.8 Å². The lowest BCUT2D eigenvalue weighted by atomic mass is 9.71. The summed E-state index contributed by atoms with van der Waals surface area (Å²) in [6.45, 7) is 0.867. The maximum Gasteiger partial charge on any atom is 0.0493 e. The van der Waals surface area contributed by atoms with E-state index in [9.17, 15) is 5.11 Å². The highest BCUT2D eigenvalue weighted by Gasteiger charge is 2.40. The van der Waals surface area contributed by atoms with Crippen molar-refractivity contribution in [1.82, 2.24) is 0 Å². The quantitative estimate of drug-likeness (QED) is 0.856. The monoisotopic (exact) mass is 262 g/mol. The van der Waals surface area contributed by atoms with Crippen LogP contribution in [-0.4, -0.2) is 32.4 Å². The van der Waals surface area contributed by atoms with E-state index in [2.05, 4.69) is 29.2 Å². The largest absolute Gasteiger partial charge is 0.396 e. The van der Waals surface area contributed by atoms with Crippen molar-refractivity contribution in [3.05, 3.63) is 29.8 Å². The maximum atomic E-state index is 9.86. The fraction of sp³-hybridized carbons (Fsp3) is 0.625. The van der Waals surface area contributed by atoms with Gasteiger partial charge in [0.2, 0.25) is 0 Å². The molecule has 0 bridgehead atoms. The average molecular weight is 262 g/mol. The molecular formula is C16H26N2O. The number of hydrogen-bond donors (Lipinski definition) is 2. The number of anilines is 1. The second kappa shape index (κ2) is 5.93. The summed E-state index contributed by atoms with van der Waals surface area (Å²) in [6.07, 6.45) is 4.63. The Morgan fingerprint density at radius 1 is 1.21 bits per heavy atom. The topological polar surface area (TPSA) is 49.5 Å². The molecule has 1 aromatic rings. The van der Waals surface area contributed by atoms with Crippen LogP contribution in [0.25, 0.3) is 0 Å². The van der Waals surface area contributed by atoms with E-state index < -0.39 is 0 Å². The van der Waals surface area contributed by atoms with Crippen molar-refractivity contribution in [2.24, 2.45) is 11.1 Å². The third kappa shape index (κ3) is 2.77. The summed E-state index contributed by atoms with van der Waals surface area (Å²) in [5.41, 5.74) is 8.50. The second-order valence-corrected chi connectivity index (χ2v) is 6.00. The van der Waals surface area contributed by atoms with Gasteiger partial charge in [0.05, 0.1) is 0 Å². The van der Waals surface area contributed by atoms with Gasteiger partial charge in [-0.15, -0.1) is 0 Å². The van der Waals surface area contributed by atoms with Crippen LogP contribution in [0.15, 0.2) is 24.3 Å².